The molecule has 1 aromatic carbocycles. The Labute approximate surface area is 106 Å². The van der Waals surface area contributed by atoms with Gasteiger partial charge in [0.05, 0.1) is 10.0 Å². The van der Waals surface area contributed by atoms with E-state index in [9.17, 15) is 18.5 Å². The van der Waals surface area contributed by atoms with E-state index in [1.807, 2.05) is 0 Å². The molecule has 1 rings (SSSR count). The Hall–Kier alpha value is -0.560. The van der Waals surface area contributed by atoms with Crippen LogP contribution in [0.5, 0.6) is 0 Å². The van der Waals surface area contributed by atoms with Crippen molar-refractivity contribution in [2.24, 2.45) is 0 Å². The highest BCUT2D eigenvalue weighted by Crippen LogP contribution is 2.33. The van der Waals surface area contributed by atoms with Crippen molar-refractivity contribution in [2.45, 2.75) is 4.90 Å². The molecule has 0 aromatic heterocycles. The fraction of sp³-hybridized carbons (Fsp3) is 0.143. The minimum atomic E-state index is -4.16. The van der Waals surface area contributed by atoms with Crippen LogP contribution in [0.4, 0.5) is 0 Å². The first-order valence-electron chi connectivity index (χ1n) is 3.73. The molecule has 9 heteroatoms. The maximum absolute atomic E-state index is 11.5. The highest BCUT2D eigenvalue weighted by atomic mass is 35.5. The fourth-order valence-electron chi connectivity index (χ4n) is 1.03. The number of halogens is 3. The van der Waals surface area contributed by atoms with Crippen molar-refractivity contribution in [3.05, 3.63) is 37.3 Å². The number of nitro groups is 1. The van der Waals surface area contributed by atoms with Crippen LogP contribution in [0.1, 0.15) is 0 Å². The van der Waals surface area contributed by atoms with Crippen molar-refractivity contribution >= 4 is 44.6 Å². The van der Waals surface area contributed by atoms with E-state index < -0.39 is 25.5 Å². The summed E-state index contributed by atoms with van der Waals surface area (Å²) in [6.07, 6.45) is 0. The molecule has 0 fully saturated rings. The van der Waals surface area contributed by atoms with Crippen molar-refractivity contribution in [1.29, 1.82) is 0 Å². The molecule has 0 atom stereocenters. The van der Waals surface area contributed by atoms with Gasteiger partial charge in [0.2, 0.25) is 9.84 Å². The summed E-state index contributed by atoms with van der Waals surface area (Å²) in [7, 11) is -4.16. The maximum atomic E-state index is 11.5. The molecule has 0 unspecified atom stereocenters. The molecule has 0 aliphatic carbocycles. The van der Waals surface area contributed by atoms with Crippen LogP contribution >= 0.6 is 34.8 Å². The van der Waals surface area contributed by atoms with Crippen LogP contribution in [0.25, 0.3) is 0 Å². The molecule has 88 valence electrons. The second kappa shape index (κ2) is 4.75. The normalized spacial score (nSPS) is 11.4. The van der Waals surface area contributed by atoms with Gasteiger partial charge in [-0.2, -0.15) is 0 Å². The summed E-state index contributed by atoms with van der Waals surface area (Å²) >= 11 is 16.8. The molecule has 0 saturated carbocycles. The molecular formula is C7H4Cl3NO4S. The van der Waals surface area contributed by atoms with Crippen molar-refractivity contribution < 1.29 is 13.3 Å². The van der Waals surface area contributed by atoms with Gasteiger partial charge in [0, 0.05) is 9.95 Å². The lowest BCUT2D eigenvalue weighted by molar-refractivity contribution is -0.458. The fourth-order valence-corrected chi connectivity index (χ4v) is 3.67. The van der Waals surface area contributed by atoms with Crippen LogP contribution in [-0.2, 0) is 9.84 Å². The van der Waals surface area contributed by atoms with Gasteiger partial charge in [-0.15, -0.1) is 0 Å². The van der Waals surface area contributed by atoms with Crippen molar-refractivity contribution in [3.8, 4) is 0 Å². The average Bonchev–Trinajstić information content (AvgIpc) is 1.96. The Morgan fingerprint density at radius 1 is 1.19 bits per heavy atom. The Kier molecular flexibility index (Phi) is 4.01. The Morgan fingerprint density at radius 2 is 1.62 bits per heavy atom. The van der Waals surface area contributed by atoms with E-state index >= 15 is 0 Å². The van der Waals surface area contributed by atoms with Gasteiger partial charge < -0.3 is 0 Å². The van der Waals surface area contributed by atoms with E-state index in [1.54, 1.807) is 0 Å². The van der Waals surface area contributed by atoms with Crippen LogP contribution in [0.2, 0.25) is 15.1 Å². The molecule has 5 nitrogen and oxygen atoms in total. The molecular weight excluding hydrogens is 301 g/mol. The zero-order chi connectivity index (χ0) is 12.5. The van der Waals surface area contributed by atoms with Crippen LogP contribution in [-0.4, -0.2) is 19.2 Å². The lowest BCUT2D eigenvalue weighted by atomic mass is 10.4. The second-order valence-corrected chi connectivity index (χ2v) is 5.92. The molecule has 0 heterocycles. The monoisotopic (exact) mass is 303 g/mol. The third-order valence-electron chi connectivity index (χ3n) is 1.55. The topological polar surface area (TPSA) is 77.3 Å². The molecule has 0 N–H and O–H groups in total. The molecule has 0 bridgehead atoms. The minimum absolute atomic E-state index is 0.148. The molecule has 0 aliphatic rings. The first kappa shape index (κ1) is 13.5. The van der Waals surface area contributed by atoms with Gasteiger partial charge in [0.25, 0.3) is 0 Å². The second-order valence-electron chi connectivity index (χ2n) is 2.78. The van der Waals surface area contributed by atoms with Crippen molar-refractivity contribution in [2.75, 3.05) is 5.88 Å². The Morgan fingerprint density at radius 3 is 2.00 bits per heavy atom. The predicted octanol–water partition coefficient (Wildman–Crippen LogP) is 2.65. The van der Waals surface area contributed by atoms with Crippen LogP contribution < -0.4 is 0 Å². The molecule has 16 heavy (non-hydrogen) atoms. The highest BCUT2D eigenvalue weighted by Gasteiger charge is 2.27. The number of sulfone groups is 1. The largest absolute Gasteiger partial charge is 0.306 e. The van der Waals surface area contributed by atoms with E-state index in [0.29, 0.717) is 0 Å². The van der Waals surface area contributed by atoms with E-state index in [4.69, 9.17) is 34.8 Å². The summed E-state index contributed by atoms with van der Waals surface area (Å²) < 4.78 is 23.1. The lowest BCUT2D eigenvalue weighted by Crippen LogP contribution is -2.15. The van der Waals surface area contributed by atoms with Gasteiger partial charge in [0.15, 0.2) is 0 Å². The van der Waals surface area contributed by atoms with E-state index in [2.05, 4.69) is 0 Å². The van der Waals surface area contributed by atoms with E-state index in [1.165, 1.54) is 0 Å². The number of benzene rings is 1. The van der Waals surface area contributed by atoms with Gasteiger partial charge in [-0.1, -0.05) is 34.8 Å². The maximum Gasteiger partial charge on any atom is 0.306 e. The number of nitrogens with zero attached hydrogens (tertiary/aromatic N) is 1. The number of rotatable bonds is 3. The molecule has 1 aromatic rings. The molecule has 0 saturated heterocycles. The van der Waals surface area contributed by atoms with E-state index in [0.717, 1.165) is 12.1 Å². The predicted molar refractivity (Wildman–Crippen MR) is 60.5 cm³/mol. The molecule has 0 aliphatic heterocycles. The Bertz CT molecular complexity index is 520. The summed E-state index contributed by atoms with van der Waals surface area (Å²) in [6, 6.07) is 2.31. The zero-order valence-electron chi connectivity index (χ0n) is 7.48. The standard InChI is InChI=1S/C7H4Cl3NO4S/c8-4-1-5(9)7(6(10)2-4)16(14,15)3-11(12)13/h1-2H,3H2. The average molecular weight is 305 g/mol. The van der Waals surface area contributed by atoms with Crippen molar-refractivity contribution in [1.82, 2.24) is 0 Å². The Balaban J connectivity index is 3.39. The summed E-state index contributed by atoms with van der Waals surface area (Å²) in [5.74, 6) is -1.27. The summed E-state index contributed by atoms with van der Waals surface area (Å²) in [6.45, 7) is 0. The quantitative estimate of drug-likeness (QED) is 0.635. The first-order valence-corrected chi connectivity index (χ1v) is 6.52. The lowest BCUT2D eigenvalue weighted by Gasteiger charge is -2.05. The SMILES string of the molecule is O=[N+]([O-])CS(=O)(=O)c1c(Cl)cc(Cl)cc1Cl. The summed E-state index contributed by atoms with van der Waals surface area (Å²) in [5, 5.41) is 9.87. The third kappa shape index (κ3) is 2.98. The van der Waals surface area contributed by atoms with Crippen LogP contribution in [0.3, 0.4) is 0 Å². The smallest absolute Gasteiger partial charge is 0.263 e. The highest BCUT2D eigenvalue weighted by molar-refractivity contribution is 7.91. The van der Waals surface area contributed by atoms with Gasteiger partial charge in [-0.3, -0.25) is 10.1 Å². The molecule has 0 amide bonds. The summed E-state index contributed by atoms with van der Waals surface area (Å²) in [5.41, 5.74) is 0. The van der Waals surface area contributed by atoms with Crippen LogP contribution in [0.15, 0.2) is 17.0 Å². The first-order chi connectivity index (χ1) is 7.24. The molecule has 0 radical (unpaired) electrons. The van der Waals surface area contributed by atoms with Gasteiger partial charge in [-0.25, -0.2) is 8.42 Å². The number of hydrogen-bond donors (Lipinski definition) is 0. The number of hydrogen-bond acceptors (Lipinski definition) is 4. The van der Waals surface area contributed by atoms with Gasteiger partial charge in [0.1, 0.15) is 4.90 Å². The minimum Gasteiger partial charge on any atom is -0.263 e. The van der Waals surface area contributed by atoms with Crippen molar-refractivity contribution in [3.63, 3.8) is 0 Å². The third-order valence-corrected chi connectivity index (χ3v) is 4.20. The van der Waals surface area contributed by atoms with Gasteiger partial charge >= 0.3 is 5.88 Å². The van der Waals surface area contributed by atoms with E-state index in [-0.39, 0.29) is 15.1 Å². The summed E-state index contributed by atoms with van der Waals surface area (Å²) in [4.78, 5) is 8.74. The van der Waals surface area contributed by atoms with Crippen LogP contribution in [0, 0.1) is 10.1 Å². The zero-order valence-corrected chi connectivity index (χ0v) is 10.6. The van der Waals surface area contributed by atoms with Gasteiger partial charge in [-0.05, 0) is 12.1 Å². The molecule has 0 spiro atoms.